The minimum atomic E-state index is -0.786. The summed E-state index contributed by atoms with van der Waals surface area (Å²) in [5, 5.41) is 14.7. The van der Waals surface area contributed by atoms with Gasteiger partial charge in [0.2, 0.25) is 0 Å². The van der Waals surface area contributed by atoms with Crippen LogP contribution >= 0.6 is 0 Å². The molecule has 0 radical (unpaired) electrons. The summed E-state index contributed by atoms with van der Waals surface area (Å²) in [6.07, 6.45) is 4.02. The van der Waals surface area contributed by atoms with Crippen molar-refractivity contribution in [2.45, 2.75) is 32.0 Å². The van der Waals surface area contributed by atoms with Gasteiger partial charge in [-0.1, -0.05) is 25.1 Å². The molecule has 1 aromatic heterocycles. The highest BCUT2D eigenvalue weighted by Gasteiger charge is 2.28. The second-order valence-corrected chi connectivity index (χ2v) is 6.66. The summed E-state index contributed by atoms with van der Waals surface area (Å²) < 4.78 is 15.8. The molecule has 6 heteroatoms. The molecule has 1 aliphatic heterocycles. The first-order valence-corrected chi connectivity index (χ1v) is 9.03. The monoisotopic (exact) mass is 346 g/mol. The van der Waals surface area contributed by atoms with Crippen molar-refractivity contribution in [3.8, 4) is 0 Å². The van der Waals surface area contributed by atoms with Crippen LogP contribution in [-0.4, -0.2) is 63.5 Å². The van der Waals surface area contributed by atoms with E-state index in [0.717, 1.165) is 39.1 Å². The lowest BCUT2D eigenvalue weighted by Crippen LogP contribution is -2.54. The van der Waals surface area contributed by atoms with Crippen LogP contribution in [0.3, 0.4) is 0 Å². The van der Waals surface area contributed by atoms with E-state index in [1.807, 2.05) is 16.9 Å². The number of aliphatic hydroxyl groups excluding tert-OH is 1. The molecule has 1 N–H and O–H groups in total. The summed E-state index contributed by atoms with van der Waals surface area (Å²) in [4.78, 5) is 4.74. The van der Waals surface area contributed by atoms with Crippen LogP contribution in [0.1, 0.15) is 25.0 Å². The molecule has 2 heterocycles. The van der Waals surface area contributed by atoms with Crippen molar-refractivity contribution < 1.29 is 9.50 Å². The van der Waals surface area contributed by atoms with Crippen LogP contribution < -0.4 is 0 Å². The molecule has 25 heavy (non-hydrogen) atoms. The summed E-state index contributed by atoms with van der Waals surface area (Å²) >= 11 is 0. The van der Waals surface area contributed by atoms with Gasteiger partial charge in [-0.25, -0.2) is 4.39 Å². The van der Waals surface area contributed by atoms with Crippen LogP contribution in [0.4, 0.5) is 4.39 Å². The topological polar surface area (TPSA) is 44.5 Å². The van der Waals surface area contributed by atoms with E-state index in [1.165, 1.54) is 6.07 Å². The van der Waals surface area contributed by atoms with Gasteiger partial charge in [-0.05, 0) is 18.6 Å². The van der Waals surface area contributed by atoms with E-state index in [2.05, 4.69) is 21.8 Å². The van der Waals surface area contributed by atoms with Crippen molar-refractivity contribution in [3.63, 3.8) is 0 Å². The van der Waals surface area contributed by atoms with Crippen molar-refractivity contribution in [1.82, 2.24) is 19.6 Å². The van der Waals surface area contributed by atoms with Crippen molar-refractivity contribution in [2.24, 2.45) is 0 Å². The molecule has 0 amide bonds. The Morgan fingerprint density at radius 1 is 1.24 bits per heavy atom. The number of hydrogen-bond donors (Lipinski definition) is 1. The zero-order chi connectivity index (χ0) is 17.6. The Hall–Kier alpha value is -1.76. The molecular formula is C19H27FN4O. The minimum Gasteiger partial charge on any atom is -0.387 e. The summed E-state index contributed by atoms with van der Waals surface area (Å²) in [5.41, 5.74) is 0.387. The second kappa shape index (κ2) is 8.56. The molecule has 0 unspecified atom stereocenters. The third kappa shape index (κ3) is 4.66. The Labute approximate surface area is 148 Å². The molecule has 136 valence electrons. The minimum absolute atomic E-state index is 0.332. The van der Waals surface area contributed by atoms with E-state index >= 15 is 0 Å². The van der Waals surface area contributed by atoms with E-state index in [-0.39, 0.29) is 5.82 Å². The molecule has 1 aliphatic rings. The van der Waals surface area contributed by atoms with Crippen LogP contribution in [-0.2, 0) is 6.54 Å². The fourth-order valence-electron chi connectivity index (χ4n) is 3.53. The number of aliphatic hydroxyl groups is 1. The van der Waals surface area contributed by atoms with E-state index in [0.29, 0.717) is 18.2 Å². The molecule has 2 atom stereocenters. The smallest absolute Gasteiger partial charge is 0.129 e. The van der Waals surface area contributed by atoms with Gasteiger partial charge in [0.25, 0.3) is 0 Å². The predicted molar refractivity (Wildman–Crippen MR) is 95.7 cm³/mol. The van der Waals surface area contributed by atoms with Gasteiger partial charge in [0.15, 0.2) is 0 Å². The standard InChI is InChI=1S/C19H27FN4O/c1-2-16-14-22(11-13-24-9-5-8-21-24)10-12-23(16)15-19(25)17-6-3-4-7-18(17)20/h3-9,16,19,25H,2,10-15H2,1H3/t16-,19+/m1/s1. The van der Waals surface area contributed by atoms with Crippen molar-refractivity contribution in [2.75, 3.05) is 32.7 Å². The quantitative estimate of drug-likeness (QED) is 0.834. The number of hydrogen-bond acceptors (Lipinski definition) is 4. The van der Waals surface area contributed by atoms with Gasteiger partial charge in [0.1, 0.15) is 5.82 Å². The fourth-order valence-corrected chi connectivity index (χ4v) is 3.53. The second-order valence-electron chi connectivity index (χ2n) is 6.66. The maximum atomic E-state index is 13.9. The Bertz CT molecular complexity index is 649. The molecule has 2 aromatic rings. The maximum absolute atomic E-state index is 13.9. The van der Waals surface area contributed by atoms with Crippen molar-refractivity contribution >= 4 is 0 Å². The molecule has 0 spiro atoms. The molecule has 0 aliphatic carbocycles. The average Bonchev–Trinajstić information content (AvgIpc) is 3.14. The molecule has 3 rings (SSSR count). The highest BCUT2D eigenvalue weighted by molar-refractivity contribution is 5.20. The van der Waals surface area contributed by atoms with E-state index < -0.39 is 6.10 Å². The van der Waals surface area contributed by atoms with Gasteiger partial charge in [0.05, 0.1) is 12.6 Å². The van der Waals surface area contributed by atoms with Crippen LogP contribution in [0.5, 0.6) is 0 Å². The Morgan fingerprint density at radius 3 is 2.80 bits per heavy atom. The number of β-amino-alcohol motifs (C(OH)–C–C–N with tert-alkyl or cyclic N) is 1. The molecule has 1 fully saturated rings. The molecule has 0 bridgehead atoms. The summed E-state index contributed by atoms with van der Waals surface area (Å²) in [6.45, 7) is 7.34. The van der Waals surface area contributed by atoms with Gasteiger partial charge in [0, 0.05) is 56.7 Å². The van der Waals surface area contributed by atoms with Crippen LogP contribution in [0.2, 0.25) is 0 Å². The average molecular weight is 346 g/mol. The first kappa shape index (κ1) is 18.0. The zero-order valence-corrected chi connectivity index (χ0v) is 14.8. The normalized spacial score (nSPS) is 20.7. The van der Waals surface area contributed by atoms with Gasteiger partial charge >= 0.3 is 0 Å². The summed E-state index contributed by atoms with van der Waals surface area (Å²) in [7, 11) is 0. The SMILES string of the molecule is CC[C@@H]1CN(CCn2cccn2)CCN1C[C@H](O)c1ccccc1F. The number of rotatable bonds is 7. The van der Waals surface area contributed by atoms with Gasteiger partial charge < -0.3 is 5.11 Å². The maximum Gasteiger partial charge on any atom is 0.129 e. The van der Waals surface area contributed by atoms with Crippen LogP contribution in [0.15, 0.2) is 42.7 Å². The first-order chi connectivity index (χ1) is 12.2. The predicted octanol–water partition coefficient (Wildman–Crippen LogP) is 2.15. The molecule has 0 saturated carbocycles. The fraction of sp³-hybridized carbons (Fsp3) is 0.526. The third-order valence-electron chi connectivity index (χ3n) is 5.04. The molecular weight excluding hydrogens is 319 g/mol. The molecule has 1 saturated heterocycles. The van der Waals surface area contributed by atoms with Crippen LogP contribution in [0.25, 0.3) is 0 Å². The largest absolute Gasteiger partial charge is 0.387 e. The Morgan fingerprint density at radius 2 is 2.08 bits per heavy atom. The lowest BCUT2D eigenvalue weighted by atomic mass is 10.0. The Balaban J connectivity index is 1.54. The zero-order valence-electron chi connectivity index (χ0n) is 14.8. The van der Waals surface area contributed by atoms with E-state index in [9.17, 15) is 9.50 Å². The number of piperazine rings is 1. The number of aromatic nitrogens is 2. The van der Waals surface area contributed by atoms with Crippen LogP contribution in [0, 0.1) is 5.82 Å². The highest BCUT2D eigenvalue weighted by Crippen LogP contribution is 2.21. The van der Waals surface area contributed by atoms with Gasteiger partial charge in [-0.3, -0.25) is 14.5 Å². The van der Waals surface area contributed by atoms with Crippen molar-refractivity contribution in [1.29, 1.82) is 0 Å². The van der Waals surface area contributed by atoms with E-state index in [4.69, 9.17) is 0 Å². The van der Waals surface area contributed by atoms with Gasteiger partial charge in [-0.2, -0.15) is 5.10 Å². The highest BCUT2D eigenvalue weighted by atomic mass is 19.1. The van der Waals surface area contributed by atoms with E-state index in [1.54, 1.807) is 24.4 Å². The molecule has 1 aromatic carbocycles. The summed E-state index contributed by atoms with van der Waals surface area (Å²) in [5.74, 6) is -0.332. The number of benzene rings is 1. The Kier molecular flexibility index (Phi) is 6.18. The third-order valence-corrected chi connectivity index (χ3v) is 5.04. The first-order valence-electron chi connectivity index (χ1n) is 9.03. The van der Waals surface area contributed by atoms with Gasteiger partial charge in [-0.15, -0.1) is 0 Å². The summed E-state index contributed by atoms with van der Waals surface area (Å²) in [6, 6.07) is 8.82. The number of halogens is 1. The van der Waals surface area contributed by atoms with Crippen molar-refractivity contribution in [3.05, 3.63) is 54.1 Å². The molecule has 5 nitrogen and oxygen atoms in total. The lowest BCUT2D eigenvalue weighted by Gasteiger charge is -2.42. The number of nitrogens with zero attached hydrogens (tertiary/aromatic N) is 4. The lowest BCUT2D eigenvalue weighted by molar-refractivity contribution is 0.0285.